The highest BCUT2D eigenvalue weighted by Gasteiger charge is 2.52. The Morgan fingerprint density at radius 1 is 1.36 bits per heavy atom. The molecule has 2 heteroatoms. The van der Waals surface area contributed by atoms with Crippen molar-refractivity contribution in [3.63, 3.8) is 0 Å². The highest BCUT2D eigenvalue weighted by molar-refractivity contribution is 6.03. The van der Waals surface area contributed by atoms with Crippen molar-refractivity contribution in [2.75, 3.05) is 6.54 Å². The third-order valence-electron chi connectivity index (χ3n) is 6.69. The van der Waals surface area contributed by atoms with E-state index in [0.717, 1.165) is 18.3 Å². The standard InChI is InChI=1S/C20H27NO/c1-3-4-14-6-8-18-16-7-5-13-11-15(22)12-21-19(13)17(16)9-10-20(14,18)2/h3-4,6,11,15-18,22H,5,7-10,12H2,1-2H3. The molecule has 2 fully saturated rings. The van der Waals surface area contributed by atoms with E-state index in [1.54, 1.807) is 5.57 Å². The number of aliphatic imine (C=N–C) groups is 1. The van der Waals surface area contributed by atoms with Gasteiger partial charge in [-0.3, -0.25) is 4.99 Å². The van der Waals surface area contributed by atoms with Crippen molar-refractivity contribution < 1.29 is 5.11 Å². The van der Waals surface area contributed by atoms with Gasteiger partial charge in [0.1, 0.15) is 0 Å². The average Bonchev–Trinajstić information content (AvgIpc) is 2.84. The summed E-state index contributed by atoms with van der Waals surface area (Å²) in [6, 6.07) is 0. The van der Waals surface area contributed by atoms with Gasteiger partial charge in [-0.25, -0.2) is 0 Å². The molecule has 0 radical (unpaired) electrons. The fourth-order valence-corrected chi connectivity index (χ4v) is 5.62. The van der Waals surface area contributed by atoms with Crippen LogP contribution in [0.4, 0.5) is 0 Å². The molecule has 1 aliphatic heterocycles. The van der Waals surface area contributed by atoms with E-state index in [1.807, 2.05) is 0 Å². The van der Waals surface area contributed by atoms with E-state index in [1.165, 1.54) is 37.0 Å². The van der Waals surface area contributed by atoms with E-state index in [4.69, 9.17) is 4.99 Å². The molecular formula is C20H27NO. The van der Waals surface area contributed by atoms with Crippen LogP contribution in [0.5, 0.6) is 0 Å². The Hall–Kier alpha value is -1.15. The fraction of sp³-hybridized carbons (Fsp3) is 0.650. The number of hydrogen-bond acceptors (Lipinski definition) is 2. The van der Waals surface area contributed by atoms with Crippen molar-refractivity contribution in [1.82, 2.24) is 0 Å². The summed E-state index contributed by atoms with van der Waals surface area (Å²) in [5.41, 5.74) is 4.65. The zero-order chi connectivity index (χ0) is 15.3. The predicted octanol–water partition coefficient (Wildman–Crippen LogP) is 4.08. The summed E-state index contributed by atoms with van der Waals surface area (Å²) in [6.45, 7) is 5.19. The SMILES string of the molecule is CC=CC1=CCC2C3CCC4=CC(O)CN=C4C3CCC12C. The molecule has 2 saturated carbocycles. The highest BCUT2D eigenvalue weighted by Crippen LogP contribution is 2.59. The molecule has 4 rings (SSSR count). The van der Waals surface area contributed by atoms with Crippen LogP contribution in [0.1, 0.15) is 46.0 Å². The molecule has 0 bridgehead atoms. The van der Waals surface area contributed by atoms with Crippen molar-refractivity contribution in [2.24, 2.45) is 28.2 Å². The lowest BCUT2D eigenvalue weighted by molar-refractivity contribution is 0.0735. The molecule has 0 amide bonds. The molecule has 22 heavy (non-hydrogen) atoms. The maximum atomic E-state index is 9.83. The number of hydrogen-bond donors (Lipinski definition) is 1. The lowest BCUT2D eigenvalue weighted by Crippen LogP contribution is -2.46. The first-order valence-corrected chi connectivity index (χ1v) is 8.90. The van der Waals surface area contributed by atoms with E-state index in [9.17, 15) is 5.11 Å². The zero-order valence-corrected chi connectivity index (χ0v) is 13.8. The smallest absolute Gasteiger partial charge is 0.0922 e. The maximum absolute atomic E-state index is 9.83. The number of dihydropyridines is 1. The van der Waals surface area contributed by atoms with Crippen molar-refractivity contribution in [1.29, 1.82) is 0 Å². The van der Waals surface area contributed by atoms with Gasteiger partial charge < -0.3 is 5.11 Å². The van der Waals surface area contributed by atoms with Crippen LogP contribution in [0.2, 0.25) is 0 Å². The van der Waals surface area contributed by atoms with Crippen LogP contribution < -0.4 is 0 Å². The van der Waals surface area contributed by atoms with E-state index < -0.39 is 0 Å². The minimum atomic E-state index is -0.349. The van der Waals surface area contributed by atoms with Gasteiger partial charge in [0.15, 0.2) is 0 Å². The summed E-state index contributed by atoms with van der Waals surface area (Å²) in [4.78, 5) is 4.78. The third-order valence-corrected chi connectivity index (χ3v) is 6.69. The van der Waals surface area contributed by atoms with Gasteiger partial charge in [-0.05, 0) is 73.5 Å². The summed E-state index contributed by atoms with van der Waals surface area (Å²) in [7, 11) is 0. The Kier molecular flexibility index (Phi) is 3.41. The van der Waals surface area contributed by atoms with Gasteiger partial charge >= 0.3 is 0 Å². The summed E-state index contributed by atoms with van der Waals surface area (Å²) in [5.74, 6) is 2.21. The lowest BCUT2D eigenvalue weighted by atomic mass is 9.54. The first-order chi connectivity index (χ1) is 10.6. The Morgan fingerprint density at radius 3 is 3.05 bits per heavy atom. The predicted molar refractivity (Wildman–Crippen MR) is 91.0 cm³/mol. The molecule has 0 aromatic rings. The Balaban J connectivity index is 1.63. The van der Waals surface area contributed by atoms with Gasteiger partial charge in [0.05, 0.1) is 12.6 Å². The van der Waals surface area contributed by atoms with Crippen LogP contribution in [0.25, 0.3) is 0 Å². The number of aliphatic hydroxyl groups excluding tert-OH is 1. The Labute approximate surface area is 133 Å². The summed E-state index contributed by atoms with van der Waals surface area (Å²) < 4.78 is 0. The van der Waals surface area contributed by atoms with Crippen molar-refractivity contribution in [3.8, 4) is 0 Å². The first-order valence-electron chi connectivity index (χ1n) is 8.90. The summed E-state index contributed by atoms with van der Waals surface area (Å²) in [6.07, 6.45) is 14.9. The quantitative estimate of drug-likeness (QED) is 0.777. The van der Waals surface area contributed by atoms with Gasteiger partial charge in [0.25, 0.3) is 0 Å². The number of allylic oxidation sites excluding steroid dienone is 5. The highest BCUT2D eigenvalue weighted by atomic mass is 16.3. The van der Waals surface area contributed by atoms with E-state index in [0.29, 0.717) is 17.9 Å². The van der Waals surface area contributed by atoms with E-state index in [2.05, 4.69) is 38.2 Å². The fourth-order valence-electron chi connectivity index (χ4n) is 5.62. The van der Waals surface area contributed by atoms with Crippen LogP contribution in [-0.2, 0) is 0 Å². The van der Waals surface area contributed by atoms with Gasteiger partial charge in [0, 0.05) is 11.6 Å². The normalized spacial score (nSPS) is 43.9. The molecule has 5 unspecified atom stereocenters. The molecule has 118 valence electrons. The topological polar surface area (TPSA) is 32.6 Å². The van der Waals surface area contributed by atoms with Crippen LogP contribution in [0.15, 0.2) is 40.4 Å². The van der Waals surface area contributed by atoms with Gasteiger partial charge in [-0.1, -0.05) is 25.2 Å². The lowest BCUT2D eigenvalue weighted by Gasteiger charge is -2.50. The molecule has 0 saturated heterocycles. The van der Waals surface area contributed by atoms with Crippen molar-refractivity contribution >= 4 is 5.71 Å². The average molecular weight is 297 g/mol. The van der Waals surface area contributed by atoms with Gasteiger partial charge in [-0.2, -0.15) is 0 Å². The zero-order valence-electron chi connectivity index (χ0n) is 13.8. The number of fused-ring (bicyclic) bond motifs is 5. The van der Waals surface area contributed by atoms with Gasteiger partial charge in [0.2, 0.25) is 0 Å². The van der Waals surface area contributed by atoms with E-state index >= 15 is 0 Å². The minimum absolute atomic E-state index is 0.349. The molecular weight excluding hydrogens is 270 g/mol. The molecule has 0 aromatic heterocycles. The molecule has 2 nitrogen and oxygen atoms in total. The third kappa shape index (κ3) is 2.00. The summed E-state index contributed by atoms with van der Waals surface area (Å²) >= 11 is 0. The minimum Gasteiger partial charge on any atom is -0.387 e. The Bertz CT molecular complexity index is 597. The summed E-state index contributed by atoms with van der Waals surface area (Å²) in [5, 5.41) is 9.83. The second-order valence-electron chi connectivity index (χ2n) is 7.75. The molecule has 5 atom stereocenters. The number of aliphatic hydroxyl groups is 1. The molecule has 0 aromatic carbocycles. The second kappa shape index (κ2) is 5.19. The van der Waals surface area contributed by atoms with E-state index in [-0.39, 0.29) is 6.10 Å². The van der Waals surface area contributed by atoms with Crippen LogP contribution in [0, 0.1) is 23.2 Å². The number of rotatable bonds is 1. The monoisotopic (exact) mass is 297 g/mol. The maximum Gasteiger partial charge on any atom is 0.0922 e. The van der Waals surface area contributed by atoms with Crippen molar-refractivity contribution in [3.05, 3.63) is 35.5 Å². The molecule has 4 aliphatic rings. The number of nitrogens with zero attached hydrogens (tertiary/aromatic N) is 1. The first kappa shape index (κ1) is 14.4. The largest absolute Gasteiger partial charge is 0.387 e. The van der Waals surface area contributed by atoms with Gasteiger partial charge in [-0.15, -0.1) is 0 Å². The molecule has 1 heterocycles. The van der Waals surface area contributed by atoms with Crippen molar-refractivity contribution in [2.45, 2.75) is 52.1 Å². The van der Waals surface area contributed by atoms with Crippen LogP contribution in [0.3, 0.4) is 0 Å². The Morgan fingerprint density at radius 2 is 2.23 bits per heavy atom. The molecule has 1 N–H and O–H groups in total. The molecule has 3 aliphatic carbocycles. The second-order valence-corrected chi connectivity index (χ2v) is 7.75. The molecule has 0 spiro atoms. The van der Waals surface area contributed by atoms with Crippen LogP contribution >= 0.6 is 0 Å². The van der Waals surface area contributed by atoms with Crippen LogP contribution in [-0.4, -0.2) is 23.5 Å².